The highest BCUT2D eigenvalue weighted by molar-refractivity contribution is 6.03. The molecule has 1 fully saturated rings. The summed E-state index contributed by atoms with van der Waals surface area (Å²) < 4.78 is 6.99. The zero-order valence-electron chi connectivity index (χ0n) is 12.0. The molecule has 2 aromatic rings. The van der Waals surface area contributed by atoms with Gasteiger partial charge in [-0.05, 0) is 24.6 Å². The van der Waals surface area contributed by atoms with Crippen LogP contribution in [0.4, 0.5) is 5.69 Å². The van der Waals surface area contributed by atoms with Crippen LogP contribution < -0.4 is 15.4 Å². The van der Waals surface area contributed by atoms with Gasteiger partial charge in [-0.3, -0.25) is 4.79 Å². The molecule has 0 bridgehead atoms. The Hall–Kier alpha value is -2.41. The molecule has 0 aliphatic carbocycles. The quantitative estimate of drug-likeness (QED) is 0.876. The van der Waals surface area contributed by atoms with Crippen molar-refractivity contribution in [3.05, 3.63) is 35.7 Å². The van der Waals surface area contributed by atoms with E-state index in [0.717, 1.165) is 18.7 Å². The van der Waals surface area contributed by atoms with Crippen molar-refractivity contribution in [1.29, 1.82) is 0 Å². The minimum Gasteiger partial charge on any atom is -0.495 e. The summed E-state index contributed by atoms with van der Waals surface area (Å²) in [7, 11) is 1.57. The Balaban J connectivity index is 1.75. The van der Waals surface area contributed by atoms with E-state index >= 15 is 0 Å². The van der Waals surface area contributed by atoms with Gasteiger partial charge in [0.2, 0.25) is 0 Å². The Morgan fingerprint density at radius 3 is 2.95 bits per heavy atom. The van der Waals surface area contributed by atoms with Crippen molar-refractivity contribution < 1.29 is 9.53 Å². The number of nitrogens with one attached hydrogen (secondary N) is 2. The third-order valence-electron chi connectivity index (χ3n) is 3.48. The minimum atomic E-state index is -0.296. The first-order chi connectivity index (χ1) is 10.2. The van der Waals surface area contributed by atoms with Gasteiger partial charge in [-0.15, -0.1) is 5.10 Å². The van der Waals surface area contributed by atoms with Crippen LogP contribution >= 0.6 is 0 Å². The van der Waals surface area contributed by atoms with Crippen molar-refractivity contribution in [2.75, 3.05) is 25.5 Å². The fourth-order valence-corrected chi connectivity index (χ4v) is 2.11. The minimum absolute atomic E-state index is 0.285. The smallest absolute Gasteiger partial charge is 0.277 e. The molecule has 1 aliphatic heterocycles. The van der Waals surface area contributed by atoms with Crippen molar-refractivity contribution in [2.24, 2.45) is 0 Å². The molecular weight excluding hydrogens is 270 g/mol. The van der Waals surface area contributed by atoms with Gasteiger partial charge in [-0.25, -0.2) is 4.68 Å². The Morgan fingerprint density at radius 1 is 1.48 bits per heavy atom. The second-order valence-corrected chi connectivity index (χ2v) is 5.05. The Morgan fingerprint density at radius 2 is 2.29 bits per heavy atom. The summed E-state index contributed by atoms with van der Waals surface area (Å²) in [6.45, 7) is 3.68. The predicted octanol–water partition coefficient (Wildman–Crippen LogP) is 0.992. The van der Waals surface area contributed by atoms with Gasteiger partial charge in [0, 0.05) is 13.1 Å². The normalized spacial score (nSPS) is 14.6. The van der Waals surface area contributed by atoms with Gasteiger partial charge in [-0.1, -0.05) is 11.3 Å². The van der Waals surface area contributed by atoms with Gasteiger partial charge < -0.3 is 15.4 Å². The number of methoxy groups -OCH3 is 1. The van der Waals surface area contributed by atoms with E-state index in [0.29, 0.717) is 17.1 Å². The number of aryl methyl sites for hydroxylation is 1. The maximum atomic E-state index is 12.2. The first-order valence-electron chi connectivity index (χ1n) is 6.76. The molecule has 2 heterocycles. The first kappa shape index (κ1) is 13.6. The maximum absolute atomic E-state index is 12.2. The molecule has 110 valence electrons. The summed E-state index contributed by atoms with van der Waals surface area (Å²) in [5, 5.41) is 13.9. The van der Waals surface area contributed by atoms with Crippen molar-refractivity contribution >= 4 is 11.6 Å². The van der Waals surface area contributed by atoms with Crippen LogP contribution in [0.1, 0.15) is 22.1 Å². The van der Waals surface area contributed by atoms with Gasteiger partial charge in [0.1, 0.15) is 5.75 Å². The number of ether oxygens (including phenoxy) is 1. The molecule has 21 heavy (non-hydrogen) atoms. The number of carbonyl (C=O) groups is 1. The highest BCUT2D eigenvalue weighted by Crippen LogP contribution is 2.25. The van der Waals surface area contributed by atoms with E-state index in [9.17, 15) is 4.79 Å². The number of hydrogen-bond acceptors (Lipinski definition) is 5. The highest BCUT2D eigenvalue weighted by Gasteiger charge is 2.22. The highest BCUT2D eigenvalue weighted by atomic mass is 16.5. The molecule has 1 aromatic heterocycles. The molecule has 0 spiro atoms. The lowest BCUT2D eigenvalue weighted by Crippen LogP contribution is -2.43. The van der Waals surface area contributed by atoms with E-state index in [1.165, 1.54) is 0 Å². The van der Waals surface area contributed by atoms with Gasteiger partial charge >= 0.3 is 0 Å². The van der Waals surface area contributed by atoms with Gasteiger partial charge in [0.25, 0.3) is 5.91 Å². The fourth-order valence-electron chi connectivity index (χ4n) is 2.11. The molecule has 0 saturated carbocycles. The monoisotopic (exact) mass is 287 g/mol. The number of aromatic nitrogens is 3. The van der Waals surface area contributed by atoms with E-state index in [1.807, 2.05) is 25.1 Å². The molecule has 3 rings (SSSR count). The van der Waals surface area contributed by atoms with Gasteiger partial charge in [-0.2, -0.15) is 0 Å². The standard InChI is InChI=1S/C14H17N5O2/c1-9-3-4-11(13(5-9)21-2)16-14(20)12-8-19(18-17-12)10-6-15-7-10/h3-5,8,10,15H,6-7H2,1-2H3,(H,16,20). The summed E-state index contributed by atoms with van der Waals surface area (Å²) >= 11 is 0. The van der Waals surface area contributed by atoms with Crippen LogP contribution in [-0.2, 0) is 0 Å². The molecule has 1 aromatic carbocycles. The molecule has 1 aliphatic rings. The molecule has 1 amide bonds. The van der Waals surface area contributed by atoms with E-state index in [2.05, 4.69) is 20.9 Å². The van der Waals surface area contributed by atoms with Crippen LogP contribution in [0.3, 0.4) is 0 Å². The van der Waals surface area contributed by atoms with Gasteiger partial charge in [0.05, 0.1) is 25.0 Å². The third-order valence-corrected chi connectivity index (χ3v) is 3.48. The fraction of sp³-hybridized carbons (Fsp3) is 0.357. The number of amides is 1. The summed E-state index contributed by atoms with van der Waals surface area (Å²) in [5.74, 6) is 0.328. The Kier molecular flexibility index (Phi) is 3.57. The van der Waals surface area contributed by atoms with E-state index in [-0.39, 0.29) is 11.9 Å². The molecule has 7 heteroatoms. The van der Waals surface area contributed by atoms with Crippen molar-refractivity contribution in [1.82, 2.24) is 20.3 Å². The lowest BCUT2D eigenvalue weighted by Gasteiger charge is -2.26. The molecule has 0 radical (unpaired) electrons. The van der Waals surface area contributed by atoms with E-state index < -0.39 is 0 Å². The van der Waals surface area contributed by atoms with E-state index in [1.54, 1.807) is 18.0 Å². The summed E-state index contributed by atoms with van der Waals surface area (Å²) in [6.07, 6.45) is 1.67. The van der Waals surface area contributed by atoms with Crippen molar-refractivity contribution in [2.45, 2.75) is 13.0 Å². The first-order valence-corrected chi connectivity index (χ1v) is 6.76. The van der Waals surface area contributed by atoms with Crippen LogP contribution in [0.5, 0.6) is 5.75 Å². The van der Waals surface area contributed by atoms with Crippen LogP contribution in [-0.4, -0.2) is 41.1 Å². The Bertz CT molecular complexity index is 663. The van der Waals surface area contributed by atoms with E-state index in [4.69, 9.17) is 4.74 Å². The molecule has 2 N–H and O–H groups in total. The summed E-state index contributed by atoms with van der Waals surface area (Å²) in [4.78, 5) is 12.2. The third kappa shape index (κ3) is 2.73. The van der Waals surface area contributed by atoms with Crippen LogP contribution in [0.15, 0.2) is 24.4 Å². The van der Waals surface area contributed by atoms with Crippen molar-refractivity contribution in [3.8, 4) is 5.75 Å². The molecular formula is C14H17N5O2. The average Bonchev–Trinajstić information content (AvgIpc) is 2.88. The number of anilines is 1. The zero-order valence-corrected chi connectivity index (χ0v) is 12.0. The SMILES string of the molecule is COc1cc(C)ccc1NC(=O)c1cn(C2CNC2)nn1. The zero-order chi connectivity index (χ0) is 14.8. The average molecular weight is 287 g/mol. The van der Waals surface area contributed by atoms with Gasteiger partial charge in [0.15, 0.2) is 5.69 Å². The number of benzene rings is 1. The number of carbonyl (C=O) groups excluding carboxylic acids is 1. The number of nitrogens with zero attached hydrogens (tertiary/aromatic N) is 3. The maximum Gasteiger partial charge on any atom is 0.277 e. The van der Waals surface area contributed by atoms with Crippen LogP contribution in [0, 0.1) is 6.92 Å². The van der Waals surface area contributed by atoms with Crippen LogP contribution in [0.25, 0.3) is 0 Å². The summed E-state index contributed by atoms with van der Waals surface area (Å²) in [5.41, 5.74) is 1.98. The van der Waals surface area contributed by atoms with Crippen molar-refractivity contribution in [3.63, 3.8) is 0 Å². The lowest BCUT2D eigenvalue weighted by atomic mass is 10.2. The topological polar surface area (TPSA) is 81.1 Å². The lowest BCUT2D eigenvalue weighted by molar-refractivity contribution is 0.102. The second-order valence-electron chi connectivity index (χ2n) is 5.05. The largest absolute Gasteiger partial charge is 0.495 e. The van der Waals surface area contributed by atoms with Crippen LogP contribution in [0.2, 0.25) is 0 Å². The molecule has 7 nitrogen and oxygen atoms in total. The number of hydrogen-bond donors (Lipinski definition) is 2. The predicted molar refractivity (Wildman–Crippen MR) is 77.6 cm³/mol. The Labute approximate surface area is 122 Å². The molecule has 0 unspecified atom stereocenters. The molecule has 0 atom stereocenters. The second kappa shape index (κ2) is 5.53. The summed E-state index contributed by atoms with van der Waals surface area (Å²) in [6, 6.07) is 5.88. The number of rotatable bonds is 4. The molecule has 1 saturated heterocycles.